The van der Waals surface area contributed by atoms with E-state index in [1.807, 2.05) is 11.3 Å². The SMILES string of the molecule is c1ccc(N(c2ccc(-n3c4ccccc4c4ccccc43)cc2)c2ccc3sc4ccccc4c3c2)cc1. The zero-order valence-electron chi connectivity index (χ0n) is 21.2. The molecule has 0 saturated heterocycles. The Kier molecular flexibility index (Phi) is 5.04. The Morgan fingerprint density at radius 2 is 0.949 bits per heavy atom. The van der Waals surface area contributed by atoms with Gasteiger partial charge in [-0.25, -0.2) is 0 Å². The molecule has 2 heterocycles. The highest BCUT2D eigenvalue weighted by molar-refractivity contribution is 7.25. The average molecular weight is 517 g/mol. The van der Waals surface area contributed by atoms with Crippen LogP contribution in [0.4, 0.5) is 17.1 Å². The predicted molar refractivity (Wildman–Crippen MR) is 168 cm³/mol. The molecular weight excluding hydrogens is 492 g/mol. The lowest BCUT2D eigenvalue weighted by molar-refractivity contribution is 1.17. The molecule has 2 aromatic heterocycles. The smallest absolute Gasteiger partial charge is 0.0541 e. The monoisotopic (exact) mass is 516 g/mol. The normalized spacial score (nSPS) is 11.6. The first-order valence-electron chi connectivity index (χ1n) is 13.2. The number of hydrogen-bond donors (Lipinski definition) is 0. The molecule has 2 nitrogen and oxygen atoms in total. The molecule has 0 aliphatic rings. The van der Waals surface area contributed by atoms with E-state index in [-0.39, 0.29) is 0 Å². The minimum absolute atomic E-state index is 1.13. The molecule has 0 bridgehead atoms. The minimum Gasteiger partial charge on any atom is -0.310 e. The molecule has 8 aromatic rings. The molecule has 3 heteroatoms. The van der Waals surface area contributed by atoms with E-state index in [2.05, 4.69) is 155 Å². The molecule has 6 aromatic carbocycles. The van der Waals surface area contributed by atoms with Crippen LogP contribution >= 0.6 is 11.3 Å². The summed E-state index contributed by atoms with van der Waals surface area (Å²) in [5, 5.41) is 5.17. The molecule has 0 atom stereocenters. The summed E-state index contributed by atoms with van der Waals surface area (Å²) >= 11 is 1.85. The van der Waals surface area contributed by atoms with Gasteiger partial charge in [0.2, 0.25) is 0 Å². The number of hydrogen-bond acceptors (Lipinski definition) is 2. The highest BCUT2D eigenvalue weighted by atomic mass is 32.1. The molecule has 39 heavy (non-hydrogen) atoms. The third kappa shape index (κ3) is 3.55. The van der Waals surface area contributed by atoms with Gasteiger partial charge in [0.15, 0.2) is 0 Å². The maximum Gasteiger partial charge on any atom is 0.0541 e. The number of benzene rings is 6. The van der Waals surface area contributed by atoms with Crippen molar-refractivity contribution in [2.24, 2.45) is 0 Å². The summed E-state index contributed by atoms with van der Waals surface area (Å²) in [5.41, 5.74) is 7.03. The van der Waals surface area contributed by atoms with Crippen LogP contribution in [0.3, 0.4) is 0 Å². The lowest BCUT2D eigenvalue weighted by atomic mass is 10.1. The van der Waals surface area contributed by atoms with Crippen LogP contribution in [0.15, 0.2) is 146 Å². The first-order chi connectivity index (χ1) is 19.3. The molecule has 184 valence electrons. The molecule has 0 aliphatic heterocycles. The Hall–Kier alpha value is -4.86. The van der Waals surface area contributed by atoms with Crippen molar-refractivity contribution in [2.45, 2.75) is 0 Å². The molecule has 0 fully saturated rings. The van der Waals surface area contributed by atoms with Crippen LogP contribution in [0.25, 0.3) is 47.7 Å². The number of anilines is 3. The largest absolute Gasteiger partial charge is 0.310 e. The van der Waals surface area contributed by atoms with Gasteiger partial charge in [-0.05, 0) is 72.8 Å². The van der Waals surface area contributed by atoms with Gasteiger partial charge in [-0.15, -0.1) is 11.3 Å². The molecule has 0 unspecified atom stereocenters. The summed E-state index contributed by atoms with van der Waals surface area (Å²) in [4.78, 5) is 2.35. The topological polar surface area (TPSA) is 8.17 Å². The van der Waals surface area contributed by atoms with Crippen molar-refractivity contribution in [2.75, 3.05) is 4.90 Å². The van der Waals surface area contributed by atoms with Crippen LogP contribution in [-0.4, -0.2) is 4.57 Å². The van der Waals surface area contributed by atoms with E-state index in [9.17, 15) is 0 Å². The van der Waals surface area contributed by atoms with Crippen LogP contribution in [-0.2, 0) is 0 Å². The van der Waals surface area contributed by atoms with Gasteiger partial charge in [0.25, 0.3) is 0 Å². The van der Waals surface area contributed by atoms with E-state index < -0.39 is 0 Å². The lowest BCUT2D eigenvalue weighted by Crippen LogP contribution is -2.09. The van der Waals surface area contributed by atoms with Gasteiger partial charge in [0.05, 0.1) is 11.0 Å². The summed E-state index contributed by atoms with van der Waals surface area (Å²) in [7, 11) is 0. The third-order valence-corrected chi connectivity index (χ3v) is 8.73. The summed E-state index contributed by atoms with van der Waals surface area (Å²) in [6, 6.07) is 52.4. The Morgan fingerprint density at radius 3 is 1.67 bits per heavy atom. The van der Waals surface area contributed by atoms with E-state index in [4.69, 9.17) is 0 Å². The first kappa shape index (κ1) is 22.2. The number of para-hydroxylation sites is 3. The van der Waals surface area contributed by atoms with Gasteiger partial charge in [-0.2, -0.15) is 0 Å². The molecule has 0 aliphatic carbocycles. The second-order valence-corrected chi connectivity index (χ2v) is 10.9. The van der Waals surface area contributed by atoms with E-state index in [1.165, 1.54) is 42.0 Å². The maximum atomic E-state index is 2.37. The average Bonchev–Trinajstić information content (AvgIpc) is 3.54. The van der Waals surface area contributed by atoms with Gasteiger partial charge < -0.3 is 9.47 Å². The highest BCUT2D eigenvalue weighted by Crippen LogP contribution is 2.41. The molecule has 0 spiro atoms. The fourth-order valence-corrected chi connectivity index (χ4v) is 6.92. The quantitative estimate of drug-likeness (QED) is 0.226. The molecule has 0 amide bonds. The Balaban J connectivity index is 1.29. The number of thiophene rings is 1. The maximum absolute atomic E-state index is 2.37. The van der Waals surface area contributed by atoms with Gasteiger partial charge in [-0.1, -0.05) is 72.8 Å². The Morgan fingerprint density at radius 1 is 0.410 bits per heavy atom. The van der Waals surface area contributed by atoms with Gasteiger partial charge in [0, 0.05) is 53.7 Å². The van der Waals surface area contributed by atoms with Crippen molar-refractivity contribution < 1.29 is 0 Å². The lowest BCUT2D eigenvalue weighted by Gasteiger charge is -2.26. The van der Waals surface area contributed by atoms with E-state index >= 15 is 0 Å². The molecular formula is C36H24N2S. The summed E-state index contributed by atoms with van der Waals surface area (Å²) < 4.78 is 5.01. The fourth-order valence-electron chi connectivity index (χ4n) is 5.83. The van der Waals surface area contributed by atoms with Crippen LogP contribution in [0.2, 0.25) is 0 Å². The number of fused-ring (bicyclic) bond motifs is 6. The Bertz CT molecular complexity index is 2060. The number of nitrogens with zero attached hydrogens (tertiary/aromatic N) is 2. The zero-order valence-corrected chi connectivity index (χ0v) is 22.0. The Labute approximate surface area is 230 Å². The van der Waals surface area contributed by atoms with Crippen molar-refractivity contribution in [3.8, 4) is 5.69 Å². The minimum atomic E-state index is 1.13. The van der Waals surface area contributed by atoms with Crippen molar-refractivity contribution in [3.05, 3.63) is 146 Å². The molecule has 0 radical (unpaired) electrons. The van der Waals surface area contributed by atoms with E-state index in [0.29, 0.717) is 0 Å². The van der Waals surface area contributed by atoms with Crippen LogP contribution in [0, 0.1) is 0 Å². The third-order valence-electron chi connectivity index (χ3n) is 7.58. The summed E-state index contributed by atoms with van der Waals surface area (Å²) in [5.74, 6) is 0. The molecule has 8 rings (SSSR count). The van der Waals surface area contributed by atoms with Crippen molar-refractivity contribution in [3.63, 3.8) is 0 Å². The zero-order chi connectivity index (χ0) is 25.8. The summed E-state index contributed by atoms with van der Waals surface area (Å²) in [6.45, 7) is 0. The number of aromatic nitrogens is 1. The van der Waals surface area contributed by atoms with Gasteiger partial charge in [0.1, 0.15) is 0 Å². The number of rotatable bonds is 4. The predicted octanol–water partition coefficient (Wildman–Crippen LogP) is 10.6. The van der Waals surface area contributed by atoms with Crippen molar-refractivity contribution in [1.82, 2.24) is 4.57 Å². The van der Waals surface area contributed by atoms with Crippen LogP contribution in [0.1, 0.15) is 0 Å². The van der Waals surface area contributed by atoms with Crippen molar-refractivity contribution >= 4 is 70.4 Å². The highest BCUT2D eigenvalue weighted by Gasteiger charge is 2.16. The second kappa shape index (κ2) is 8.87. The van der Waals surface area contributed by atoms with Crippen LogP contribution < -0.4 is 4.90 Å². The van der Waals surface area contributed by atoms with E-state index in [0.717, 1.165) is 22.7 Å². The molecule has 0 N–H and O–H groups in total. The van der Waals surface area contributed by atoms with Crippen molar-refractivity contribution in [1.29, 1.82) is 0 Å². The van der Waals surface area contributed by atoms with Gasteiger partial charge in [-0.3, -0.25) is 0 Å². The molecule has 0 saturated carbocycles. The van der Waals surface area contributed by atoms with Gasteiger partial charge >= 0.3 is 0 Å². The standard InChI is InChI=1S/C36H24N2S/c1-2-10-25(11-3-1)37(28-22-23-36-32(24-28)31-14-6-9-17-35(31)39-36)26-18-20-27(21-19-26)38-33-15-7-4-12-29(33)30-13-5-8-16-34(30)38/h1-24H. The van der Waals surface area contributed by atoms with Crippen LogP contribution in [0.5, 0.6) is 0 Å². The van der Waals surface area contributed by atoms with E-state index in [1.54, 1.807) is 0 Å². The summed E-state index contributed by atoms with van der Waals surface area (Å²) in [6.07, 6.45) is 0. The second-order valence-electron chi connectivity index (χ2n) is 9.84. The fraction of sp³-hybridized carbons (Fsp3) is 0. The first-order valence-corrected chi connectivity index (χ1v) is 14.0.